The third kappa shape index (κ3) is 3.56. The number of rotatable bonds is 3. The molecule has 0 unspecified atom stereocenters. The zero-order valence-corrected chi connectivity index (χ0v) is 20.3. The van der Waals surface area contributed by atoms with Crippen LogP contribution in [0.25, 0.3) is 60.7 Å². The van der Waals surface area contributed by atoms with E-state index in [2.05, 4.69) is 89.5 Å². The second kappa shape index (κ2) is 8.35. The molecule has 0 aliphatic heterocycles. The van der Waals surface area contributed by atoms with Crippen LogP contribution in [0.3, 0.4) is 0 Å². The van der Waals surface area contributed by atoms with E-state index in [1.165, 1.54) is 33.0 Å². The Morgan fingerprint density at radius 2 is 1.11 bits per heavy atom. The van der Waals surface area contributed by atoms with Gasteiger partial charge in [-0.05, 0) is 71.6 Å². The minimum Gasteiger partial charge on any atom is -0.461 e. The van der Waals surface area contributed by atoms with Gasteiger partial charge in [-0.25, -0.2) is 0 Å². The van der Waals surface area contributed by atoms with Crippen molar-refractivity contribution >= 4 is 32.8 Å². The Morgan fingerprint density at radius 1 is 0.541 bits per heavy atom. The summed E-state index contributed by atoms with van der Waals surface area (Å²) in [5.41, 5.74) is 8.41. The monoisotopic (exact) mass is 477 g/mol. The predicted molar refractivity (Wildman–Crippen MR) is 152 cm³/mol. The van der Waals surface area contributed by atoms with Crippen LogP contribution < -0.4 is 5.43 Å². The zero-order valence-electron chi connectivity index (χ0n) is 20.3. The number of aromatic nitrogens is 1. The molecule has 0 saturated carbocycles. The second-order valence-electron chi connectivity index (χ2n) is 9.43. The average Bonchev–Trinajstić information content (AvgIpc) is 3.27. The minimum absolute atomic E-state index is 0.0286. The first-order valence-corrected chi connectivity index (χ1v) is 12.4. The van der Waals surface area contributed by atoms with Crippen LogP contribution in [0.4, 0.5) is 0 Å². The van der Waals surface area contributed by atoms with Crippen molar-refractivity contribution in [3.8, 4) is 27.9 Å². The summed E-state index contributed by atoms with van der Waals surface area (Å²) in [6, 6.07) is 41.6. The normalized spacial score (nSPS) is 11.5. The average molecular weight is 478 g/mol. The lowest BCUT2D eigenvalue weighted by atomic mass is 10.0. The summed E-state index contributed by atoms with van der Waals surface area (Å²) in [7, 11) is 0. The molecule has 37 heavy (non-hydrogen) atoms. The Balaban J connectivity index is 1.54. The lowest BCUT2D eigenvalue weighted by Gasteiger charge is -2.10. The van der Waals surface area contributed by atoms with E-state index in [0.717, 1.165) is 16.7 Å². The molecule has 176 valence electrons. The molecule has 7 aromatic rings. The molecule has 0 spiro atoms. The van der Waals surface area contributed by atoms with Crippen LogP contribution in [-0.2, 0) is 0 Å². The first-order valence-electron chi connectivity index (χ1n) is 12.4. The highest BCUT2D eigenvalue weighted by Crippen LogP contribution is 2.37. The Hall–Kier alpha value is -4.89. The lowest BCUT2D eigenvalue weighted by molar-refractivity contribution is 0.564. The van der Waals surface area contributed by atoms with E-state index in [4.69, 9.17) is 4.42 Å². The molecule has 0 bridgehead atoms. The molecule has 0 radical (unpaired) electrons. The lowest BCUT2D eigenvalue weighted by Crippen LogP contribution is -2.02. The molecule has 5 aromatic carbocycles. The van der Waals surface area contributed by atoms with E-state index >= 15 is 0 Å². The van der Waals surface area contributed by atoms with Gasteiger partial charge in [-0.3, -0.25) is 4.79 Å². The van der Waals surface area contributed by atoms with Crippen molar-refractivity contribution in [1.82, 2.24) is 4.57 Å². The highest BCUT2D eigenvalue weighted by atomic mass is 16.3. The number of nitrogens with zero attached hydrogens (tertiary/aromatic N) is 1. The molecular formula is C34H23NO2. The summed E-state index contributed by atoms with van der Waals surface area (Å²) in [6.45, 7) is 1.80. The first-order chi connectivity index (χ1) is 18.2. The smallest absolute Gasteiger partial charge is 0.193 e. The Bertz CT molecular complexity index is 1900. The van der Waals surface area contributed by atoms with E-state index in [-0.39, 0.29) is 5.43 Å². The number of aryl methyl sites for hydroxylation is 1. The van der Waals surface area contributed by atoms with E-state index < -0.39 is 0 Å². The molecule has 3 heteroatoms. The van der Waals surface area contributed by atoms with Crippen LogP contribution in [0, 0.1) is 6.92 Å². The van der Waals surface area contributed by atoms with Crippen LogP contribution in [-0.4, -0.2) is 4.57 Å². The molecule has 0 fully saturated rings. The van der Waals surface area contributed by atoms with Crippen LogP contribution in [0.15, 0.2) is 131 Å². The molecule has 0 saturated heterocycles. The highest BCUT2D eigenvalue weighted by Gasteiger charge is 2.16. The summed E-state index contributed by atoms with van der Waals surface area (Å²) in [4.78, 5) is 12.8. The standard InChI is InChI=1S/C34H23NO2/c1-22-18-33(36)30-21-27(14-17-34(30)37-22)35-31-15-12-25(23-8-4-2-5-9-23)19-28(31)29-20-26(13-16-32(29)35)24-10-6-3-7-11-24/h2-21H,1H3. The van der Waals surface area contributed by atoms with E-state index in [0.29, 0.717) is 16.7 Å². The van der Waals surface area contributed by atoms with Gasteiger partial charge in [-0.2, -0.15) is 0 Å². The molecule has 3 nitrogen and oxygen atoms in total. The summed E-state index contributed by atoms with van der Waals surface area (Å²) < 4.78 is 8.05. The number of hydrogen-bond acceptors (Lipinski definition) is 2. The van der Waals surface area contributed by atoms with Gasteiger partial charge in [0.05, 0.1) is 16.4 Å². The molecule has 0 atom stereocenters. The maximum absolute atomic E-state index is 12.8. The Labute approximate surface area is 213 Å². The van der Waals surface area contributed by atoms with Gasteiger partial charge in [0.15, 0.2) is 5.43 Å². The van der Waals surface area contributed by atoms with Gasteiger partial charge in [0, 0.05) is 22.5 Å². The largest absolute Gasteiger partial charge is 0.461 e. The zero-order chi connectivity index (χ0) is 24.9. The van der Waals surface area contributed by atoms with Crippen molar-refractivity contribution in [1.29, 1.82) is 0 Å². The fraction of sp³-hybridized carbons (Fsp3) is 0.0294. The fourth-order valence-electron chi connectivity index (χ4n) is 5.33. The van der Waals surface area contributed by atoms with Gasteiger partial charge in [-0.15, -0.1) is 0 Å². The van der Waals surface area contributed by atoms with E-state index in [1.807, 2.05) is 30.3 Å². The Kier molecular flexibility index (Phi) is 4.83. The van der Waals surface area contributed by atoms with Gasteiger partial charge < -0.3 is 8.98 Å². The van der Waals surface area contributed by atoms with Crippen molar-refractivity contribution in [2.45, 2.75) is 6.92 Å². The molecule has 2 aromatic heterocycles. The molecular weight excluding hydrogens is 454 g/mol. The summed E-state index contributed by atoms with van der Waals surface area (Å²) in [5.74, 6) is 0.615. The maximum Gasteiger partial charge on any atom is 0.193 e. The van der Waals surface area contributed by atoms with Crippen molar-refractivity contribution < 1.29 is 4.42 Å². The van der Waals surface area contributed by atoms with Crippen LogP contribution in [0.2, 0.25) is 0 Å². The molecule has 0 N–H and O–H groups in total. The summed E-state index contributed by atoms with van der Waals surface area (Å²) in [5, 5.41) is 2.93. The van der Waals surface area contributed by atoms with E-state index in [1.54, 1.807) is 13.0 Å². The first kappa shape index (κ1) is 21.4. The summed E-state index contributed by atoms with van der Waals surface area (Å²) >= 11 is 0. The SMILES string of the molecule is Cc1cc(=O)c2cc(-n3c4ccc(-c5ccccc5)cc4c4cc(-c5ccccc5)ccc43)ccc2o1. The molecule has 0 aliphatic rings. The van der Waals surface area contributed by atoms with Crippen LogP contribution >= 0.6 is 0 Å². The maximum atomic E-state index is 12.8. The number of benzene rings is 5. The minimum atomic E-state index is -0.0286. The highest BCUT2D eigenvalue weighted by molar-refractivity contribution is 6.11. The van der Waals surface area contributed by atoms with Crippen molar-refractivity contribution in [3.05, 3.63) is 137 Å². The van der Waals surface area contributed by atoms with Gasteiger partial charge in [0.1, 0.15) is 11.3 Å². The van der Waals surface area contributed by atoms with Gasteiger partial charge in [-0.1, -0.05) is 72.8 Å². The second-order valence-corrected chi connectivity index (χ2v) is 9.43. The third-order valence-corrected chi connectivity index (χ3v) is 7.07. The van der Waals surface area contributed by atoms with Gasteiger partial charge in [0.25, 0.3) is 0 Å². The number of hydrogen-bond donors (Lipinski definition) is 0. The quantitative estimate of drug-likeness (QED) is 0.256. The molecule has 7 rings (SSSR count). The van der Waals surface area contributed by atoms with Crippen molar-refractivity contribution in [2.75, 3.05) is 0 Å². The fourth-order valence-corrected chi connectivity index (χ4v) is 5.33. The van der Waals surface area contributed by atoms with E-state index in [9.17, 15) is 4.79 Å². The topological polar surface area (TPSA) is 35.1 Å². The Morgan fingerprint density at radius 3 is 1.68 bits per heavy atom. The molecule has 2 heterocycles. The third-order valence-electron chi connectivity index (χ3n) is 7.07. The molecule has 0 amide bonds. The number of fused-ring (bicyclic) bond motifs is 4. The molecule has 0 aliphatic carbocycles. The van der Waals surface area contributed by atoms with Gasteiger partial charge >= 0.3 is 0 Å². The van der Waals surface area contributed by atoms with Gasteiger partial charge in [0.2, 0.25) is 0 Å². The van der Waals surface area contributed by atoms with Crippen molar-refractivity contribution in [3.63, 3.8) is 0 Å². The van der Waals surface area contributed by atoms with Crippen LogP contribution in [0.5, 0.6) is 0 Å². The van der Waals surface area contributed by atoms with Crippen molar-refractivity contribution in [2.24, 2.45) is 0 Å². The predicted octanol–water partition coefficient (Wildman–Crippen LogP) is 8.53. The van der Waals surface area contributed by atoms with Crippen LogP contribution in [0.1, 0.15) is 5.76 Å². The summed E-state index contributed by atoms with van der Waals surface area (Å²) in [6.07, 6.45) is 0.